The summed E-state index contributed by atoms with van der Waals surface area (Å²) in [5.74, 6) is 0.0771. The van der Waals surface area contributed by atoms with Gasteiger partial charge < -0.3 is 4.90 Å². The van der Waals surface area contributed by atoms with Crippen LogP contribution in [0.2, 0.25) is 0 Å². The van der Waals surface area contributed by atoms with E-state index in [-0.39, 0.29) is 11.5 Å². The minimum absolute atomic E-state index is 0.0517. The van der Waals surface area contributed by atoms with Crippen molar-refractivity contribution in [2.24, 2.45) is 0 Å². The van der Waals surface area contributed by atoms with Crippen LogP contribution in [0.4, 0.5) is 0 Å². The molecule has 0 saturated carbocycles. The largest absolute Gasteiger partial charge is 0.341 e. The summed E-state index contributed by atoms with van der Waals surface area (Å²) in [6.07, 6.45) is 2.59. The number of nitrogens with zero attached hydrogens (tertiary/aromatic N) is 3. The summed E-state index contributed by atoms with van der Waals surface area (Å²) in [6.45, 7) is 5.07. The van der Waals surface area contributed by atoms with Crippen molar-refractivity contribution in [3.63, 3.8) is 0 Å². The zero-order chi connectivity index (χ0) is 19.4. The molecule has 0 N–H and O–H groups in total. The van der Waals surface area contributed by atoms with Crippen LogP contribution in [-0.4, -0.2) is 27.4 Å². The second-order valence-electron chi connectivity index (χ2n) is 7.05. The van der Waals surface area contributed by atoms with E-state index < -0.39 is 0 Å². The molecule has 27 heavy (non-hydrogen) atoms. The number of fused-ring (bicyclic) bond motifs is 1. The monoisotopic (exact) mass is 363 g/mol. The molecule has 3 aromatic rings. The van der Waals surface area contributed by atoms with Gasteiger partial charge in [-0.2, -0.15) is 0 Å². The highest BCUT2D eigenvalue weighted by molar-refractivity contribution is 5.80. The van der Waals surface area contributed by atoms with Crippen molar-refractivity contribution in [2.75, 3.05) is 7.05 Å². The summed E-state index contributed by atoms with van der Waals surface area (Å²) in [4.78, 5) is 31.1. The maximum absolute atomic E-state index is 12.6. The van der Waals surface area contributed by atoms with E-state index in [9.17, 15) is 9.59 Å². The number of carbonyl (C=O) groups is 1. The van der Waals surface area contributed by atoms with E-state index in [0.29, 0.717) is 31.3 Å². The van der Waals surface area contributed by atoms with Crippen LogP contribution in [-0.2, 0) is 17.9 Å². The van der Waals surface area contributed by atoms with Crippen molar-refractivity contribution in [1.29, 1.82) is 0 Å². The van der Waals surface area contributed by atoms with E-state index in [2.05, 4.69) is 17.1 Å². The molecule has 0 radical (unpaired) electrons. The van der Waals surface area contributed by atoms with Crippen LogP contribution in [0, 0.1) is 13.8 Å². The fourth-order valence-corrected chi connectivity index (χ4v) is 3.14. The summed E-state index contributed by atoms with van der Waals surface area (Å²) in [7, 11) is 1.81. The predicted octanol–water partition coefficient (Wildman–Crippen LogP) is 3.45. The Morgan fingerprint density at radius 3 is 2.59 bits per heavy atom. The Kier molecular flexibility index (Phi) is 5.69. The number of aromatic nitrogens is 2. The van der Waals surface area contributed by atoms with Crippen LogP contribution in [0.1, 0.15) is 29.5 Å². The molecule has 0 unspecified atom stereocenters. The number of benzene rings is 2. The second-order valence-corrected chi connectivity index (χ2v) is 7.05. The number of aryl methyl sites for hydroxylation is 3. The quantitative estimate of drug-likeness (QED) is 0.674. The summed E-state index contributed by atoms with van der Waals surface area (Å²) >= 11 is 0. The summed E-state index contributed by atoms with van der Waals surface area (Å²) in [5.41, 5.74) is 4.00. The first kappa shape index (κ1) is 18.8. The summed E-state index contributed by atoms with van der Waals surface area (Å²) in [6, 6.07) is 13.8. The van der Waals surface area contributed by atoms with Gasteiger partial charge >= 0.3 is 0 Å². The number of hydrogen-bond donors (Lipinski definition) is 0. The van der Waals surface area contributed by atoms with Crippen molar-refractivity contribution in [2.45, 2.75) is 39.8 Å². The Labute approximate surface area is 159 Å². The number of amides is 1. The summed E-state index contributed by atoms with van der Waals surface area (Å²) < 4.78 is 1.59. The Hall–Kier alpha value is -2.95. The van der Waals surface area contributed by atoms with E-state index >= 15 is 0 Å². The molecule has 0 fully saturated rings. The maximum Gasteiger partial charge on any atom is 0.261 e. The third-order valence-corrected chi connectivity index (χ3v) is 4.81. The molecule has 1 aromatic heterocycles. The van der Waals surface area contributed by atoms with Gasteiger partial charge in [-0.05, 0) is 37.5 Å². The van der Waals surface area contributed by atoms with Crippen LogP contribution in [0.3, 0.4) is 0 Å². The molecule has 0 aliphatic rings. The van der Waals surface area contributed by atoms with Gasteiger partial charge in [0.15, 0.2) is 0 Å². The lowest BCUT2D eigenvalue weighted by Crippen LogP contribution is -2.27. The average molecular weight is 363 g/mol. The van der Waals surface area contributed by atoms with E-state index in [1.165, 1.54) is 5.56 Å². The van der Waals surface area contributed by atoms with E-state index in [1.807, 2.05) is 45.2 Å². The molecule has 0 aliphatic carbocycles. The van der Waals surface area contributed by atoms with Gasteiger partial charge in [-0.15, -0.1) is 0 Å². The van der Waals surface area contributed by atoms with Gasteiger partial charge in [0.1, 0.15) is 0 Å². The van der Waals surface area contributed by atoms with E-state index in [4.69, 9.17) is 0 Å². The first-order chi connectivity index (χ1) is 13.0. The van der Waals surface area contributed by atoms with Gasteiger partial charge in [0.05, 0.1) is 17.2 Å². The van der Waals surface area contributed by atoms with Gasteiger partial charge in [-0.3, -0.25) is 14.2 Å². The minimum atomic E-state index is -0.0517. The standard InChI is InChI=1S/C22H25N3O2/c1-16-9-11-18(12-10-16)14-24(3)20(26)8-5-13-25-15-23-21-17(2)6-4-7-19(21)22(25)27/h4,6-7,9-12,15H,5,8,13-14H2,1-3H3. The van der Waals surface area contributed by atoms with Crippen molar-refractivity contribution in [3.8, 4) is 0 Å². The molecule has 0 bridgehead atoms. The zero-order valence-electron chi connectivity index (χ0n) is 16.1. The molecule has 5 nitrogen and oxygen atoms in total. The third-order valence-electron chi connectivity index (χ3n) is 4.81. The zero-order valence-corrected chi connectivity index (χ0v) is 16.1. The van der Waals surface area contributed by atoms with Gasteiger partial charge in [0.2, 0.25) is 5.91 Å². The number of carbonyl (C=O) groups excluding carboxylic acids is 1. The van der Waals surface area contributed by atoms with Crippen LogP contribution in [0.25, 0.3) is 10.9 Å². The molecule has 0 spiro atoms. The highest BCUT2D eigenvalue weighted by Crippen LogP contribution is 2.12. The molecule has 3 rings (SSSR count). The molecule has 1 heterocycles. The second kappa shape index (κ2) is 8.16. The van der Waals surface area contributed by atoms with Crippen LogP contribution in [0.5, 0.6) is 0 Å². The molecule has 0 aliphatic heterocycles. The fourth-order valence-electron chi connectivity index (χ4n) is 3.14. The van der Waals surface area contributed by atoms with Gasteiger partial charge in [-0.25, -0.2) is 4.98 Å². The van der Waals surface area contributed by atoms with Crippen molar-refractivity contribution in [3.05, 3.63) is 75.8 Å². The molecular formula is C22H25N3O2. The van der Waals surface area contributed by atoms with E-state index in [1.54, 1.807) is 21.9 Å². The van der Waals surface area contributed by atoms with Crippen molar-refractivity contribution in [1.82, 2.24) is 14.5 Å². The molecule has 1 amide bonds. The van der Waals surface area contributed by atoms with Crippen LogP contribution in [0.15, 0.2) is 53.6 Å². The Balaban J connectivity index is 1.58. The van der Waals surface area contributed by atoms with Crippen molar-refractivity contribution < 1.29 is 4.79 Å². The first-order valence-corrected chi connectivity index (χ1v) is 9.20. The highest BCUT2D eigenvalue weighted by atomic mass is 16.2. The molecule has 0 saturated heterocycles. The first-order valence-electron chi connectivity index (χ1n) is 9.20. The lowest BCUT2D eigenvalue weighted by molar-refractivity contribution is -0.130. The van der Waals surface area contributed by atoms with E-state index in [0.717, 1.165) is 16.6 Å². The Morgan fingerprint density at radius 2 is 1.85 bits per heavy atom. The minimum Gasteiger partial charge on any atom is -0.341 e. The van der Waals surface area contributed by atoms with Crippen LogP contribution < -0.4 is 5.56 Å². The number of para-hydroxylation sites is 1. The SMILES string of the molecule is Cc1ccc(CN(C)C(=O)CCCn2cnc3c(C)cccc3c2=O)cc1. The smallest absolute Gasteiger partial charge is 0.261 e. The molecular weight excluding hydrogens is 338 g/mol. The van der Waals surface area contributed by atoms with Crippen molar-refractivity contribution >= 4 is 16.8 Å². The van der Waals surface area contributed by atoms with Gasteiger partial charge in [-0.1, -0.05) is 42.0 Å². The lowest BCUT2D eigenvalue weighted by Gasteiger charge is -2.17. The molecule has 0 atom stereocenters. The Bertz CT molecular complexity index is 1010. The predicted molar refractivity (Wildman–Crippen MR) is 108 cm³/mol. The van der Waals surface area contributed by atoms with Gasteiger partial charge in [0.25, 0.3) is 5.56 Å². The van der Waals surface area contributed by atoms with Gasteiger partial charge in [0, 0.05) is 26.6 Å². The number of rotatable bonds is 6. The Morgan fingerprint density at radius 1 is 1.11 bits per heavy atom. The lowest BCUT2D eigenvalue weighted by atomic mass is 10.1. The number of hydrogen-bond acceptors (Lipinski definition) is 3. The fraction of sp³-hybridized carbons (Fsp3) is 0.318. The highest BCUT2D eigenvalue weighted by Gasteiger charge is 2.10. The molecule has 140 valence electrons. The molecule has 5 heteroatoms. The maximum atomic E-state index is 12.6. The average Bonchev–Trinajstić information content (AvgIpc) is 2.66. The normalized spacial score (nSPS) is 10.9. The topological polar surface area (TPSA) is 55.2 Å². The summed E-state index contributed by atoms with van der Waals surface area (Å²) in [5, 5.41) is 0.625. The molecule has 2 aromatic carbocycles. The third kappa shape index (κ3) is 4.42. The van der Waals surface area contributed by atoms with Crippen LogP contribution >= 0.6 is 0 Å².